The molecule has 0 amide bonds. The van der Waals surface area contributed by atoms with Crippen LogP contribution in [0.15, 0.2) is 73.1 Å². The van der Waals surface area contributed by atoms with Gasteiger partial charge in [-0.25, -0.2) is 8.78 Å². The van der Waals surface area contributed by atoms with Gasteiger partial charge in [0.2, 0.25) is 0 Å². The van der Waals surface area contributed by atoms with Crippen LogP contribution in [0.3, 0.4) is 0 Å². The lowest BCUT2D eigenvalue weighted by Gasteiger charge is -2.29. The first-order chi connectivity index (χ1) is 11.4. The van der Waals surface area contributed by atoms with E-state index in [1.165, 1.54) is 18.2 Å². The molecule has 2 rings (SSSR count). The lowest BCUT2D eigenvalue weighted by Crippen LogP contribution is -2.30. The van der Waals surface area contributed by atoms with Gasteiger partial charge in [-0.15, -0.1) is 0 Å². The predicted molar refractivity (Wildman–Crippen MR) is 95.5 cm³/mol. The average Bonchev–Trinajstić information content (AvgIpc) is 2.54. The highest BCUT2D eigenvalue weighted by molar-refractivity contribution is 5.56. The zero-order valence-electron chi connectivity index (χ0n) is 14.0. The van der Waals surface area contributed by atoms with Gasteiger partial charge >= 0.3 is 0 Å². The van der Waals surface area contributed by atoms with E-state index in [0.717, 1.165) is 5.56 Å². The Morgan fingerprint density at radius 1 is 1.04 bits per heavy atom. The number of rotatable bonds is 7. The van der Waals surface area contributed by atoms with Crippen LogP contribution in [-0.2, 0) is 6.54 Å². The normalized spacial score (nSPS) is 10.5. The van der Waals surface area contributed by atoms with Crippen LogP contribution in [0.5, 0.6) is 0 Å². The van der Waals surface area contributed by atoms with E-state index < -0.39 is 0 Å². The van der Waals surface area contributed by atoms with Crippen molar-refractivity contribution in [1.29, 1.82) is 0 Å². The first kappa shape index (κ1) is 17.7. The summed E-state index contributed by atoms with van der Waals surface area (Å²) in [5.41, 5.74) is 2.44. The molecule has 0 saturated heterocycles. The van der Waals surface area contributed by atoms with E-state index in [0.29, 0.717) is 23.6 Å². The van der Waals surface area contributed by atoms with Crippen LogP contribution in [0.4, 0.5) is 14.5 Å². The number of hydrogen-bond donors (Lipinski definition) is 1. The van der Waals surface area contributed by atoms with Crippen molar-refractivity contribution in [2.24, 2.45) is 0 Å². The highest BCUT2D eigenvalue weighted by Crippen LogP contribution is 2.26. The zero-order valence-corrected chi connectivity index (χ0v) is 14.0. The summed E-state index contributed by atoms with van der Waals surface area (Å²) in [5, 5.41) is 3.19. The Kier molecular flexibility index (Phi) is 5.74. The molecule has 0 unspecified atom stereocenters. The smallest absolute Gasteiger partial charge is 0.146 e. The van der Waals surface area contributed by atoms with Gasteiger partial charge in [-0.05, 0) is 43.7 Å². The lowest BCUT2D eigenvalue weighted by molar-refractivity contribution is 0.618. The van der Waals surface area contributed by atoms with E-state index in [1.807, 2.05) is 13.8 Å². The number of benzene rings is 2. The molecule has 0 aliphatic rings. The molecule has 1 N–H and O–H groups in total. The van der Waals surface area contributed by atoms with Crippen LogP contribution >= 0.6 is 0 Å². The Morgan fingerprint density at radius 3 is 2.25 bits per heavy atom. The maximum absolute atomic E-state index is 14.3. The summed E-state index contributed by atoms with van der Waals surface area (Å²) in [6.07, 6.45) is 0. The molecular formula is C20H22F2N2. The Balaban J connectivity index is 2.34. The topological polar surface area (TPSA) is 15.3 Å². The summed E-state index contributed by atoms with van der Waals surface area (Å²) >= 11 is 0. The number of halogens is 2. The molecule has 2 nitrogen and oxygen atoms in total. The van der Waals surface area contributed by atoms with Crippen molar-refractivity contribution in [1.82, 2.24) is 5.32 Å². The second-order valence-corrected chi connectivity index (χ2v) is 5.89. The fraction of sp³-hybridized carbons (Fsp3) is 0.200. The molecule has 126 valence electrons. The second kappa shape index (κ2) is 7.77. The van der Waals surface area contributed by atoms with E-state index in [4.69, 9.17) is 0 Å². The van der Waals surface area contributed by atoms with Crippen LogP contribution < -0.4 is 10.2 Å². The van der Waals surface area contributed by atoms with E-state index in [2.05, 4.69) is 18.5 Å². The highest BCUT2D eigenvalue weighted by atomic mass is 19.1. The van der Waals surface area contributed by atoms with Gasteiger partial charge in [0.05, 0.1) is 17.1 Å². The third-order valence-electron chi connectivity index (χ3n) is 3.53. The summed E-state index contributed by atoms with van der Waals surface area (Å²) in [7, 11) is 0. The third kappa shape index (κ3) is 4.44. The van der Waals surface area contributed by atoms with Crippen molar-refractivity contribution >= 4 is 5.69 Å². The summed E-state index contributed by atoms with van der Waals surface area (Å²) < 4.78 is 27.4. The number of nitrogens with one attached hydrogen (secondary N) is 1. The van der Waals surface area contributed by atoms with E-state index in [-0.39, 0.29) is 17.7 Å². The minimum atomic E-state index is -0.349. The SMILES string of the molecule is C=C(NC(C)C)C(=C)N(Cc1ccc(F)cc1)c1ccccc1F. The molecule has 4 heteroatoms. The quantitative estimate of drug-likeness (QED) is 0.720. The van der Waals surface area contributed by atoms with Crippen LogP contribution in [0.25, 0.3) is 0 Å². The van der Waals surface area contributed by atoms with Gasteiger partial charge in [0.25, 0.3) is 0 Å². The van der Waals surface area contributed by atoms with Crippen molar-refractivity contribution < 1.29 is 8.78 Å². The number of nitrogens with zero attached hydrogens (tertiary/aromatic N) is 1. The maximum atomic E-state index is 14.3. The monoisotopic (exact) mass is 328 g/mol. The first-order valence-electron chi connectivity index (χ1n) is 7.79. The standard InChI is InChI=1S/C20H22F2N2/c1-14(2)23-15(3)16(4)24(20-8-6-5-7-19(20)22)13-17-9-11-18(21)12-10-17/h5-12,14,23H,3-4,13H2,1-2H3. The van der Waals surface area contributed by atoms with E-state index >= 15 is 0 Å². The fourth-order valence-electron chi connectivity index (χ4n) is 2.36. The molecule has 0 radical (unpaired) electrons. The molecule has 0 atom stereocenters. The molecule has 0 saturated carbocycles. The molecule has 0 aromatic heterocycles. The maximum Gasteiger partial charge on any atom is 0.146 e. The van der Waals surface area contributed by atoms with Gasteiger partial charge in [0, 0.05) is 12.6 Å². The molecule has 2 aromatic carbocycles. The Hall–Kier alpha value is -2.62. The molecular weight excluding hydrogens is 306 g/mol. The van der Waals surface area contributed by atoms with Gasteiger partial charge in [-0.1, -0.05) is 37.4 Å². The third-order valence-corrected chi connectivity index (χ3v) is 3.53. The summed E-state index contributed by atoms with van der Waals surface area (Å²) in [6, 6.07) is 12.8. The number of anilines is 1. The second-order valence-electron chi connectivity index (χ2n) is 5.89. The van der Waals surface area contributed by atoms with Crippen molar-refractivity contribution in [3.05, 3.63) is 90.3 Å². The van der Waals surface area contributed by atoms with Gasteiger partial charge in [-0.3, -0.25) is 0 Å². The number of hydrogen-bond acceptors (Lipinski definition) is 2. The van der Waals surface area contributed by atoms with Crippen LogP contribution in [0.1, 0.15) is 19.4 Å². The molecule has 24 heavy (non-hydrogen) atoms. The number of para-hydroxylation sites is 1. The van der Waals surface area contributed by atoms with Gasteiger partial charge in [0.1, 0.15) is 11.6 Å². The minimum absolute atomic E-state index is 0.183. The van der Waals surface area contributed by atoms with E-state index in [1.54, 1.807) is 35.2 Å². The summed E-state index contributed by atoms with van der Waals surface area (Å²) in [4.78, 5) is 1.74. The predicted octanol–water partition coefficient (Wildman–Crippen LogP) is 5.00. The molecule has 0 bridgehead atoms. The van der Waals surface area contributed by atoms with Crippen molar-refractivity contribution in [2.75, 3.05) is 4.90 Å². The van der Waals surface area contributed by atoms with Crippen molar-refractivity contribution in [3.63, 3.8) is 0 Å². The highest BCUT2D eigenvalue weighted by Gasteiger charge is 2.17. The summed E-state index contributed by atoms with van der Waals surface area (Å²) in [6.45, 7) is 12.4. The Bertz CT molecular complexity index is 721. The molecule has 2 aromatic rings. The van der Waals surface area contributed by atoms with Crippen LogP contribution in [0, 0.1) is 11.6 Å². The van der Waals surface area contributed by atoms with Crippen LogP contribution in [0.2, 0.25) is 0 Å². The zero-order chi connectivity index (χ0) is 17.7. The van der Waals surface area contributed by atoms with Gasteiger partial charge in [-0.2, -0.15) is 0 Å². The Labute approximate surface area is 142 Å². The Morgan fingerprint density at radius 2 is 1.67 bits per heavy atom. The summed E-state index contributed by atoms with van der Waals surface area (Å²) in [5.74, 6) is -0.654. The molecule has 0 heterocycles. The largest absolute Gasteiger partial charge is 0.382 e. The fourth-order valence-corrected chi connectivity index (χ4v) is 2.36. The minimum Gasteiger partial charge on any atom is -0.382 e. The van der Waals surface area contributed by atoms with E-state index in [9.17, 15) is 8.78 Å². The van der Waals surface area contributed by atoms with Gasteiger partial charge < -0.3 is 10.2 Å². The molecule has 0 aliphatic carbocycles. The average molecular weight is 328 g/mol. The molecule has 0 fully saturated rings. The van der Waals surface area contributed by atoms with Gasteiger partial charge in [0.15, 0.2) is 0 Å². The molecule has 0 aliphatic heterocycles. The van der Waals surface area contributed by atoms with Crippen LogP contribution in [-0.4, -0.2) is 6.04 Å². The van der Waals surface area contributed by atoms with Crippen molar-refractivity contribution in [3.8, 4) is 0 Å². The lowest BCUT2D eigenvalue weighted by atomic mass is 10.1. The van der Waals surface area contributed by atoms with Crippen molar-refractivity contribution in [2.45, 2.75) is 26.4 Å². The molecule has 0 spiro atoms. The first-order valence-corrected chi connectivity index (χ1v) is 7.79.